The highest BCUT2D eigenvalue weighted by molar-refractivity contribution is 5.81. The topological polar surface area (TPSA) is 29.9 Å². The van der Waals surface area contributed by atoms with Crippen LogP contribution in [0.1, 0.15) is 31.9 Å². The predicted molar refractivity (Wildman–Crippen MR) is 74.4 cm³/mol. The number of aromatic nitrogens is 2. The first-order valence-corrected chi connectivity index (χ1v) is 6.89. The van der Waals surface area contributed by atoms with Gasteiger partial charge >= 0.3 is 0 Å². The van der Waals surface area contributed by atoms with Crippen molar-refractivity contribution < 1.29 is 0 Å². The lowest BCUT2D eigenvalue weighted by Crippen LogP contribution is -2.30. The van der Waals surface area contributed by atoms with E-state index in [0.717, 1.165) is 12.5 Å². The summed E-state index contributed by atoms with van der Waals surface area (Å²) < 4.78 is 1.98. The predicted octanol–water partition coefficient (Wildman–Crippen LogP) is 2.85. The van der Waals surface area contributed by atoms with E-state index >= 15 is 0 Å². The van der Waals surface area contributed by atoms with Crippen molar-refractivity contribution in [1.82, 2.24) is 15.1 Å². The van der Waals surface area contributed by atoms with E-state index in [9.17, 15) is 0 Å². The minimum Gasteiger partial charge on any atom is -0.308 e. The number of rotatable bonds is 3. The Hall–Kier alpha value is -1.35. The number of hydrogen-bond acceptors (Lipinski definition) is 2. The van der Waals surface area contributed by atoms with Crippen molar-refractivity contribution in [3.8, 4) is 0 Å². The molecule has 96 valence electrons. The summed E-state index contributed by atoms with van der Waals surface area (Å²) in [5, 5.41) is 9.58. The van der Waals surface area contributed by atoms with Gasteiger partial charge < -0.3 is 5.32 Å². The van der Waals surface area contributed by atoms with Crippen LogP contribution in [-0.2, 0) is 13.6 Å². The lowest BCUT2D eigenvalue weighted by Gasteiger charge is -2.16. The van der Waals surface area contributed by atoms with Gasteiger partial charge in [-0.15, -0.1) is 0 Å². The Morgan fingerprint density at radius 3 is 2.94 bits per heavy atom. The molecule has 0 spiro atoms. The molecule has 3 heteroatoms. The van der Waals surface area contributed by atoms with E-state index in [1.807, 2.05) is 11.7 Å². The summed E-state index contributed by atoms with van der Waals surface area (Å²) in [5.41, 5.74) is 2.39. The van der Waals surface area contributed by atoms with E-state index in [1.54, 1.807) is 0 Å². The molecule has 1 aromatic heterocycles. The van der Waals surface area contributed by atoms with Gasteiger partial charge in [0.2, 0.25) is 0 Å². The second kappa shape index (κ2) is 4.73. The van der Waals surface area contributed by atoms with Crippen LogP contribution in [0.2, 0.25) is 0 Å². The van der Waals surface area contributed by atoms with E-state index in [4.69, 9.17) is 0 Å². The monoisotopic (exact) mass is 243 g/mol. The molecule has 3 nitrogen and oxygen atoms in total. The average molecular weight is 243 g/mol. The summed E-state index contributed by atoms with van der Waals surface area (Å²) in [4.78, 5) is 0. The molecular formula is C15H21N3. The lowest BCUT2D eigenvalue weighted by molar-refractivity contribution is 0.423. The van der Waals surface area contributed by atoms with Crippen LogP contribution in [0.3, 0.4) is 0 Å². The normalized spacial score (nSPS) is 23.9. The number of benzene rings is 1. The van der Waals surface area contributed by atoms with Gasteiger partial charge in [0.1, 0.15) is 0 Å². The van der Waals surface area contributed by atoms with Gasteiger partial charge in [-0.3, -0.25) is 4.68 Å². The zero-order chi connectivity index (χ0) is 12.5. The quantitative estimate of drug-likeness (QED) is 0.898. The molecule has 0 aliphatic heterocycles. The molecule has 2 unspecified atom stereocenters. The minimum atomic E-state index is 0.672. The summed E-state index contributed by atoms with van der Waals surface area (Å²) in [7, 11) is 2.02. The molecule has 1 aromatic carbocycles. The first-order chi connectivity index (χ1) is 8.75. The molecule has 3 rings (SSSR count). The average Bonchev–Trinajstić information content (AvgIpc) is 2.92. The van der Waals surface area contributed by atoms with Gasteiger partial charge in [0.15, 0.2) is 0 Å². The van der Waals surface area contributed by atoms with Gasteiger partial charge in [0.25, 0.3) is 0 Å². The Labute approximate surface area is 108 Å². The molecule has 2 aromatic rings. The fraction of sp³-hybridized carbons (Fsp3) is 0.533. The number of para-hydroxylation sites is 1. The molecule has 0 amide bonds. The first kappa shape index (κ1) is 11.7. The van der Waals surface area contributed by atoms with E-state index in [1.165, 1.54) is 35.9 Å². The highest BCUT2D eigenvalue weighted by Crippen LogP contribution is 2.25. The molecule has 0 saturated heterocycles. The summed E-state index contributed by atoms with van der Waals surface area (Å²) >= 11 is 0. The highest BCUT2D eigenvalue weighted by Gasteiger charge is 2.23. The van der Waals surface area contributed by atoms with Crippen molar-refractivity contribution >= 4 is 10.9 Å². The SMILES string of the molecule is CC1CCCC1NCc1nn(C)c2ccccc12. The largest absolute Gasteiger partial charge is 0.308 e. The molecular weight excluding hydrogens is 222 g/mol. The smallest absolute Gasteiger partial charge is 0.0841 e. The maximum Gasteiger partial charge on any atom is 0.0841 e. The number of nitrogens with one attached hydrogen (secondary N) is 1. The van der Waals surface area contributed by atoms with Crippen molar-refractivity contribution in [1.29, 1.82) is 0 Å². The first-order valence-electron chi connectivity index (χ1n) is 6.89. The minimum absolute atomic E-state index is 0.672. The van der Waals surface area contributed by atoms with E-state index in [-0.39, 0.29) is 0 Å². The van der Waals surface area contributed by atoms with Gasteiger partial charge in [0, 0.05) is 25.0 Å². The molecule has 1 N–H and O–H groups in total. The van der Waals surface area contributed by atoms with Crippen molar-refractivity contribution in [3.05, 3.63) is 30.0 Å². The van der Waals surface area contributed by atoms with Gasteiger partial charge in [0.05, 0.1) is 11.2 Å². The summed E-state index contributed by atoms with van der Waals surface area (Å²) in [5.74, 6) is 0.806. The Balaban J connectivity index is 1.78. The van der Waals surface area contributed by atoms with Gasteiger partial charge in [-0.05, 0) is 24.8 Å². The Morgan fingerprint density at radius 1 is 1.33 bits per heavy atom. The Morgan fingerprint density at radius 2 is 2.17 bits per heavy atom. The van der Waals surface area contributed by atoms with Crippen LogP contribution >= 0.6 is 0 Å². The van der Waals surface area contributed by atoms with Crippen LogP contribution in [0.15, 0.2) is 24.3 Å². The van der Waals surface area contributed by atoms with Crippen LogP contribution < -0.4 is 5.32 Å². The van der Waals surface area contributed by atoms with Crippen molar-refractivity contribution in [2.45, 2.75) is 38.8 Å². The molecule has 0 radical (unpaired) electrons. The number of aryl methyl sites for hydroxylation is 1. The maximum absolute atomic E-state index is 4.63. The summed E-state index contributed by atoms with van der Waals surface area (Å²) in [6.45, 7) is 3.23. The molecule has 1 aliphatic carbocycles. The molecule has 2 atom stereocenters. The number of fused-ring (bicyclic) bond motifs is 1. The van der Waals surface area contributed by atoms with Crippen molar-refractivity contribution in [3.63, 3.8) is 0 Å². The highest BCUT2D eigenvalue weighted by atomic mass is 15.3. The molecule has 1 fully saturated rings. The second-order valence-electron chi connectivity index (χ2n) is 5.48. The third kappa shape index (κ3) is 2.03. The number of hydrogen-bond donors (Lipinski definition) is 1. The van der Waals surface area contributed by atoms with Crippen LogP contribution in [0, 0.1) is 5.92 Å². The maximum atomic E-state index is 4.63. The molecule has 1 saturated carbocycles. The molecule has 1 aliphatic rings. The van der Waals surface area contributed by atoms with Crippen molar-refractivity contribution in [2.24, 2.45) is 13.0 Å². The zero-order valence-corrected chi connectivity index (χ0v) is 11.2. The third-order valence-corrected chi connectivity index (χ3v) is 4.23. The summed E-state index contributed by atoms with van der Waals surface area (Å²) in [6, 6.07) is 9.12. The molecule has 1 heterocycles. The third-order valence-electron chi connectivity index (χ3n) is 4.23. The zero-order valence-electron chi connectivity index (χ0n) is 11.2. The van der Waals surface area contributed by atoms with E-state index in [2.05, 4.69) is 41.6 Å². The van der Waals surface area contributed by atoms with Crippen LogP contribution in [-0.4, -0.2) is 15.8 Å². The number of nitrogens with zero attached hydrogens (tertiary/aromatic N) is 2. The Bertz CT molecular complexity index is 544. The van der Waals surface area contributed by atoms with Crippen LogP contribution in [0.25, 0.3) is 10.9 Å². The standard InChI is InChI=1S/C15H21N3/c1-11-6-5-8-13(11)16-10-14-12-7-3-4-9-15(12)18(2)17-14/h3-4,7,9,11,13,16H,5-6,8,10H2,1-2H3. The van der Waals surface area contributed by atoms with Crippen molar-refractivity contribution in [2.75, 3.05) is 0 Å². The van der Waals surface area contributed by atoms with Gasteiger partial charge in [-0.2, -0.15) is 5.10 Å². The van der Waals surface area contributed by atoms with Gasteiger partial charge in [-0.25, -0.2) is 0 Å². The van der Waals surface area contributed by atoms with Crippen LogP contribution in [0.4, 0.5) is 0 Å². The lowest BCUT2D eigenvalue weighted by atomic mass is 10.1. The van der Waals surface area contributed by atoms with E-state index < -0.39 is 0 Å². The Kier molecular flexibility index (Phi) is 3.08. The molecule has 0 bridgehead atoms. The van der Waals surface area contributed by atoms with Crippen LogP contribution in [0.5, 0.6) is 0 Å². The molecule has 18 heavy (non-hydrogen) atoms. The fourth-order valence-corrected chi connectivity index (χ4v) is 3.10. The second-order valence-corrected chi connectivity index (χ2v) is 5.48. The van der Waals surface area contributed by atoms with Gasteiger partial charge in [-0.1, -0.05) is 31.5 Å². The van der Waals surface area contributed by atoms with E-state index in [0.29, 0.717) is 6.04 Å². The fourth-order valence-electron chi connectivity index (χ4n) is 3.10. The summed E-state index contributed by atoms with van der Waals surface area (Å²) in [6.07, 6.45) is 4.04.